The summed E-state index contributed by atoms with van der Waals surface area (Å²) in [6.07, 6.45) is 4.43. The number of esters is 1. The second kappa shape index (κ2) is 6.47. The minimum atomic E-state index is -0.660. The number of carbonyl (C=O) groups is 1. The van der Waals surface area contributed by atoms with Gasteiger partial charge in [-0.1, -0.05) is 30.3 Å². The summed E-state index contributed by atoms with van der Waals surface area (Å²) in [6.45, 7) is 1.16. The number of anilines is 1. The zero-order valence-corrected chi connectivity index (χ0v) is 13.9. The predicted molar refractivity (Wildman–Crippen MR) is 91.1 cm³/mol. The Hall–Kier alpha value is -2.63. The number of aromatic nitrogens is 2. The Labute approximate surface area is 140 Å². The van der Waals surface area contributed by atoms with Crippen molar-refractivity contribution in [3.05, 3.63) is 58.6 Å². The van der Waals surface area contributed by atoms with Crippen LogP contribution in [0, 0.1) is 0 Å². The van der Waals surface area contributed by atoms with E-state index in [1.165, 1.54) is 11.7 Å². The van der Waals surface area contributed by atoms with Crippen LogP contribution in [0.4, 0.5) is 5.82 Å². The molecule has 6 heteroatoms. The number of methoxy groups -OCH3 is 1. The first-order valence-corrected chi connectivity index (χ1v) is 7.99. The fourth-order valence-electron chi connectivity index (χ4n) is 3.36. The molecular formula is C18H21N3O3. The highest BCUT2D eigenvalue weighted by Crippen LogP contribution is 2.37. The fraction of sp³-hybridized carbons (Fsp3) is 0.389. The monoisotopic (exact) mass is 327 g/mol. The van der Waals surface area contributed by atoms with Crippen LogP contribution < -0.4 is 10.5 Å². The van der Waals surface area contributed by atoms with Gasteiger partial charge in [-0.25, -0.2) is 4.98 Å². The molecular weight excluding hydrogens is 306 g/mol. The second-order valence-corrected chi connectivity index (χ2v) is 6.09. The number of benzene rings is 1. The smallest absolute Gasteiger partial charge is 0.316 e. The largest absolute Gasteiger partial charge is 0.468 e. The molecule has 0 amide bonds. The van der Waals surface area contributed by atoms with Crippen molar-refractivity contribution in [2.24, 2.45) is 7.05 Å². The van der Waals surface area contributed by atoms with E-state index in [0.717, 1.165) is 5.56 Å². The first-order valence-electron chi connectivity index (χ1n) is 7.99. The lowest BCUT2D eigenvalue weighted by molar-refractivity contribution is -0.148. The molecule has 1 saturated heterocycles. The number of hydrogen-bond donors (Lipinski definition) is 0. The van der Waals surface area contributed by atoms with Gasteiger partial charge in [-0.3, -0.25) is 9.59 Å². The van der Waals surface area contributed by atoms with Crippen molar-refractivity contribution in [2.75, 3.05) is 25.1 Å². The maximum absolute atomic E-state index is 12.5. The van der Waals surface area contributed by atoms with Gasteiger partial charge in [-0.2, -0.15) is 0 Å². The van der Waals surface area contributed by atoms with Crippen LogP contribution in [0.15, 0.2) is 47.5 Å². The number of ether oxygens (including phenoxy) is 1. The standard InChI is InChI=1S/C18H21N3O3/c1-20-13-10-19-15(16(20)22)21-11-8-18(9-12-21,17(23)24-2)14-6-4-3-5-7-14/h3-7,10,13H,8-9,11-12H2,1-2H3. The van der Waals surface area contributed by atoms with Crippen LogP contribution in [-0.4, -0.2) is 35.7 Å². The molecule has 1 aliphatic rings. The van der Waals surface area contributed by atoms with E-state index >= 15 is 0 Å². The number of rotatable bonds is 3. The first kappa shape index (κ1) is 16.2. The minimum absolute atomic E-state index is 0.122. The summed E-state index contributed by atoms with van der Waals surface area (Å²) in [5.74, 6) is 0.216. The van der Waals surface area contributed by atoms with Crippen molar-refractivity contribution in [3.8, 4) is 0 Å². The van der Waals surface area contributed by atoms with E-state index in [0.29, 0.717) is 31.7 Å². The molecule has 0 aliphatic carbocycles. The molecule has 126 valence electrons. The first-order chi connectivity index (χ1) is 11.6. The van der Waals surface area contributed by atoms with Crippen molar-refractivity contribution < 1.29 is 9.53 Å². The summed E-state index contributed by atoms with van der Waals surface area (Å²) < 4.78 is 6.61. The van der Waals surface area contributed by atoms with Crippen molar-refractivity contribution in [1.29, 1.82) is 0 Å². The number of carbonyl (C=O) groups excluding carboxylic acids is 1. The maximum atomic E-state index is 12.5. The maximum Gasteiger partial charge on any atom is 0.316 e. The van der Waals surface area contributed by atoms with Gasteiger partial charge in [0.15, 0.2) is 5.82 Å². The van der Waals surface area contributed by atoms with Crippen molar-refractivity contribution in [2.45, 2.75) is 18.3 Å². The van der Waals surface area contributed by atoms with Gasteiger partial charge in [0.05, 0.1) is 12.5 Å². The summed E-state index contributed by atoms with van der Waals surface area (Å²) >= 11 is 0. The van der Waals surface area contributed by atoms with Gasteiger partial charge in [0, 0.05) is 32.5 Å². The van der Waals surface area contributed by atoms with E-state index in [2.05, 4.69) is 4.98 Å². The summed E-state index contributed by atoms with van der Waals surface area (Å²) in [7, 11) is 3.13. The normalized spacial score (nSPS) is 16.7. The Balaban J connectivity index is 1.89. The molecule has 0 unspecified atom stereocenters. The van der Waals surface area contributed by atoms with Crippen molar-refractivity contribution in [3.63, 3.8) is 0 Å². The Kier molecular flexibility index (Phi) is 4.38. The highest BCUT2D eigenvalue weighted by Gasteiger charge is 2.44. The molecule has 24 heavy (non-hydrogen) atoms. The topological polar surface area (TPSA) is 64.4 Å². The zero-order valence-electron chi connectivity index (χ0n) is 13.9. The molecule has 2 aromatic rings. The highest BCUT2D eigenvalue weighted by molar-refractivity contribution is 5.83. The SMILES string of the molecule is COC(=O)C1(c2ccccc2)CCN(c2nccn(C)c2=O)CC1. The van der Waals surface area contributed by atoms with Gasteiger partial charge in [0.2, 0.25) is 0 Å². The number of aryl methyl sites for hydroxylation is 1. The summed E-state index contributed by atoms with van der Waals surface area (Å²) in [5.41, 5.74) is 0.181. The van der Waals surface area contributed by atoms with Crippen LogP contribution in [0.3, 0.4) is 0 Å². The average Bonchev–Trinajstić information content (AvgIpc) is 2.64. The van der Waals surface area contributed by atoms with Crippen LogP contribution in [-0.2, 0) is 22.0 Å². The van der Waals surface area contributed by atoms with Crippen molar-refractivity contribution >= 4 is 11.8 Å². The summed E-state index contributed by atoms with van der Waals surface area (Å²) in [4.78, 5) is 31.0. The van der Waals surface area contributed by atoms with Crippen LogP contribution in [0.1, 0.15) is 18.4 Å². The van der Waals surface area contributed by atoms with Crippen LogP contribution in [0.2, 0.25) is 0 Å². The van der Waals surface area contributed by atoms with Crippen LogP contribution >= 0.6 is 0 Å². The van der Waals surface area contributed by atoms with E-state index in [9.17, 15) is 9.59 Å². The molecule has 0 spiro atoms. The molecule has 0 saturated carbocycles. The number of piperidine rings is 1. The Morgan fingerprint density at radius 3 is 2.50 bits per heavy atom. The molecule has 0 atom stereocenters. The van der Waals surface area contributed by atoms with Gasteiger partial charge < -0.3 is 14.2 Å². The molecule has 1 aromatic heterocycles. The lowest BCUT2D eigenvalue weighted by Gasteiger charge is -2.40. The quantitative estimate of drug-likeness (QED) is 0.799. The average molecular weight is 327 g/mol. The molecule has 0 N–H and O–H groups in total. The molecule has 6 nitrogen and oxygen atoms in total. The van der Waals surface area contributed by atoms with Crippen molar-refractivity contribution in [1.82, 2.24) is 9.55 Å². The Bertz CT molecular complexity index is 778. The molecule has 0 bridgehead atoms. The molecule has 0 radical (unpaired) electrons. The van der Waals surface area contributed by atoms with Gasteiger partial charge in [0.25, 0.3) is 5.56 Å². The van der Waals surface area contributed by atoms with Crippen LogP contribution in [0.25, 0.3) is 0 Å². The molecule has 1 aromatic carbocycles. The van der Waals surface area contributed by atoms with E-state index in [4.69, 9.17) is 4.74 Å². The van der Waals surface area contributed by atoms with Gasteiger partial charge in [0.1, 0.15) is 0 Å². The van der Waals surface area contributed by atoms with Crippen LogP contribution in [0.5, 0.6) is 0 Å². The zero-order chi connectivity index (χ0) is 17.2. The van der Waals surface area contributed by atoms with E-state index < -0.39 is 5.41 Å². The minimum Gasteiger partial charge on any atom is -0.468 e. The molecule has 3 rings (SSSR count). The van der Waals surface area contributed by atoms with E-state index in [-0.39, 0.29) is 11.5 Å². The van der Waals surface area contributed by atoms with E-state index in [1.807, 2.05) is 35.2 Å². The molecule has 2 heterocycles. The second-order valence-electron chi connectivity index (χ2n) is 6.09. The summed E-state index contributed by atoms with van der Waals surface area (Å²) in [6, 6.07) is 9.72. The number of hydrogen-bond acceptors (Lipinski definition) is 5. The van der Waals surface area contributed by atoms with Gasteiger partial charge in [-0.15, -0.1) is 0 Å². The fourth-order valence-corrected chi connectivity index (χ4v) is 3.36. The predicted octanol–water partition coefficient (Wildman–Crippen LogP) is 1.49. The van der Waals surface area contributed by atoms with Gasteiger partial charge >= 0.3 is 5.97 Å². The highest BCUT2D eigenvalue weighted by atomic mass is 16.5. The third-order valence-corrected chi connectivity index (χ3v) is 4.82. The van der Waals surface area contributed by atoms with E-state index in [1.54, 1.807) is 19.4 Å². The van der Waals surface area contributed by atoms with Gasteiger partial charge in [-0.05, 0) is 18.4 Å². The molecule has 1 fully saturated rings. The molecule has 1 aliphatic heterocycles. The Morgan fingerprint density at radius 1 is 1.21 bits per heavy atom. The lowest BCUT2D eigenvalue weighted by Crippen LogP contribution is -2.49. The Morgan fingerprint density at radius 2 is 1.88 bits per heavy atom. The third-order valence-electron chi connectivity index (χ3n) is 4.82. The number of nitrogens with zero attached hydrogens (tertiary/aromatic N) is 3. The lowest BCUT2D eigenvalue weighted by atomic mass is 9.72. The summed E-state index contributed by atoms with van der Waals surface area (Å²) in [5, 5.41) is 0. The third kappa shape index (κ3) is 2.68.